The van der Waals surface area contributed by atoms with Crippen LogP contribution in [0.15, 0.2) is 18.2 Å². The molecule has 0 bridgehead atoms. The van der Waals surface area contributed by atoms with Crippen molar-refractivity contribution < 1.29 is 15.0 Å². The summed E-state index contributed by atoms with van der Waals surface area (Å²) < 4.78 is 0. The molecule has 4 nitrogen and oxygen atoms in total. The molecule has 1 aromatic rings. The van der Waals surface area contributed by atoms with Crippen molar-refractivity contribution >= 4 is 11.8 Å². The highest BCUT2D eigenvalue weighted by Crippen LogP contribution is 2.27. The van der Waals surface area contributed by atoms with Crippen molar-refractivity contribution in [2.24, 2.45) is 0 Å². The van der Waals surface area contributed by atoms with Gasteiger partial charge >= 0.3 is 6.09 Å². The van der Waals surface area contributed by atoms with Gasteiger partial charge < -0.3 is 10.2 Å². The Kier molecular flexibility index (Phi) is 2.60. The van der Waals surface area contributed by atoms with Crippen LogP contribution in [0.2, 0.25) is 0 Å². The summed E-state index contributed by atoms with van der Waals surface area (Å²) in [6.07, 6.45) is 0.679. The van der Waals surface area contributed by atoms with Gasteiger partial charge in [-0.05, 0) is 30.0 Å². The van der Waals surface area contributed by atoms with Crippen molar-refractivity contribution in [1.82, 2.24) is 0 Å². The van der Waals surface area contributed by atoms with E-state index in [2.05, 4.69) is 5.32 Å². The lowest BCUT2D eigenvalue weighted by molar-refractivity contribution is 0.158. The number of benzene rings is 1. The zero-order chi connectivity index (χ0) is 10.8. The first-order valence-electron chi connectivity index (χ1n) is 4.95. The highest BCUT2D eigenvalue weighted by molar-refractivity contribution is 5.84. The van der Waals surface area contributed by atoms with Crippen LogP contribution in [0.25, 0.3) is 0 Å². The minimum Gasteiger partial charge on any atom is -0.465 e. The molecule has 1 amide bonds. The van der Waals surface area contributed by atoms with Gasteiger partial charge in [-0.3, -0.25) is 5.32 Å². The second-order valence-electron chi connectivity index (χ2n) is 3.77. The molecule has 1 aliphatic carbocycles. The van der Waals surface area contributed by atoms with Crippen LogP contribution in [0.5, 0.6) is 0 Å². The first-order chi connectivity index (χ1) is 7.16. The molecule has 0 aromatic heterocycles. The summed E-state index contributed by atoms with van der Waals surface area (Å²) in [5.74, 6) is 0. The summed E-state index contributed by atoms with van der Waals surface area (Å²) in [5, 5.41) is 20.6. The molecule has 1 unspecified atom stereocenters. The van der Waals surface area contributed by atoms with E-state index in [1.54, 1.807) is 6.07 Å². The van der Waals surface area contributed by atoms with Gasteiger partial charge in [0.05, 0.1) is 6.10 Å². The molecule has 3 N–H and O–H groups in total. The molecule has 0 heterocycles. The minimum atomic E-state index is -1.07. The lowest BCUT2D eigenvalue weighted by Crippen LogP contribution is -2.21. The number of rotatable bonds is 1. The van der Waals surface area contributed by atoms with E-state index in [1.807, 2.05) is 12.1 Å². The third-order valence-corrected chi connectivity index (χ3v) is 2.70. The van der Waals surface area contributed by atoms with Gasteiger partial charge in [-0.15, -0.1) is 0 Å². The number of carboxylic acid groups (broad SMARTS) is 1. The van der Waals surface area contributed by atoms with Crippen molar-refractivity contribution in [3.8, 4) is 0 Å². The highest BCUT2D eigenvalue weighted by atomic mass is 16.4. The second-order valence-corrected chi connectivity index (χ2v) is 3.77. The number of hydrogen-bond donors (Lipinski definition) is 3. The van der Waals surface area contributed by atoms with Gasteiger partial charge in [0.25, 0.3) is 0 Å². The van der Waals surface area contributed by atoms with E-state index in [9.17, 15) is 9.90 Å². The summed E-state index contributed by atoms with van der Waals surface area (Å²) in [5.41, 5.74) is 2.66. The van der Waals surface area contributed by atoms with Gasteiger partial charge in [-0.1, -0.05) is 12.1 Å². The quantitative estimate of drug-likeness (QED) is 0.655. The first kappa shape index (κ1) is 9.98. The average molecular weight is 207 g/mol. The number of anilines is 1. The van der Waals surface area contributed by atoms with Crippen LogP contribution in [-0.4, -0.2) is 22.4 Å². The summed E-state index contributed by atoms with van der Waals surface area (Å²) in [4.78, 5) is 10.6. The molecule has 1 atom stereocenters. The maximum atomic E-state index is 10.6. The van der Waals surface area contributed by atoms with Crippen molar-refractivity contribution in [3.63, 3.8) is 0 Å². The van der Waals surface area contributed by atoms with Gasteiger partial charge in [0, 0.05) is 12.1 Å². The lowest BCUT2D eigenvalue weighted by atomic mass is 9.88. The number of aliphatic hydroxyl groups is 1. The van der Waals surface area contributed by atoms with Gasteiger partial charge in [-0.2, -0.15) is 0 Å². The molecule has 4 heteroatoms. The van der Waals surface area contributed by atoms with Crippen LogP contribution in [0.3, 0.4) is 0 Å². The van der Waals surface area contributed by atoms with E-state index in [0.29, 0.717) is 12.1 Å². The summed E-state index contributed by atoms with van der Waals surface area (Å²) >= 11 is 0. The van der Waals surface area contributed by atoms with E-state index in [4.69, 9.17) is 5.11 Å². The van der Waals surface area contributed by atoms with Crippen LogP contribution in [0.4, 0.5) is 10.5 Å². The van der Waals surface area contributed by atoms with Crippen LogP contribution in [0, 0.1) is 0 Å². The Morgan fingerprint density at radius 2 is 2.27 bits per heavy atom. The Labute approximate surface area is 87.6 Å². The average Bonchev–Trinajstić information content (AvgIpc) is 2.18. The summed E-state index contributed by atoms with van der Waals surface area (Å²) in [6.45, 7) is 0. The minimum absolute atomic E-state index is 0.353. The van der Waals surface area contributed by atoms with Crippen LogP contribution < -0.4 is 5.32 Å². The fraction of sp³-hybridized carbons (Fsp3) is 0.364. The predicted octanol–water partition coefficient (Wildman–Crippen LogP) is 1.63. The van der Waals surface area contributed by atoms with Gasteiger partial charge in [0.15, 0.2) is 0 Å². The Hall–Kier alpha value is -1.55. The molecule has 80 valence electrons. The highest BCUT2D eigenvalue weighted by Gasteiger charge is 2.19. The molecule has 0 saturated carbocycles. The number of fused-ring (bicyclic) bond motifs is 1. The van der Waals surface area contributed by atoms with E-state index in [0.717, 1.165) is 24.0 Å². The SMILES string of the molecule is O=C(O)Nc1cccc2c1CC(O)CC2. The van der Waals surface area contributed by atoms with Crippen LogP contribution in [-0.2, 0) is 12.8 Å². The molecule has 0 radical (unpaired) electrons. The van der Waals surface area contributed by atoms with E-state index in [-0.39, 0.29) is 6.10 Å². The maximum Gasteiger partial charge on any atom is 0.409 e. The van der Waals surface area contributed by atoms with Crippen molar-refractivity contribution in [2.45, 2.75) is 25.4 Å². The monoisotopic (exact) mass is 207 g/mol. The maximum absolute atomic E-state index is 10.6. The third kappa shape index (κ3) is 2.10. The predicted molar refractivity (Wildman–Crippen MR) is 56.1 cm³/mol. The zero-order valence-electron chi connectivity index (χ0n) is 8.23. The number of aliphatic hydroxyl groups excluding tert-OH is 1. The Balaban J connectivity index is 2.35. The Morgan fingerprint density at radius 3 is 3.00 bits per heavy atom. The standard InChI is InChI=1S/C11H13NO3/c13-8-5-4-7-2-1-3-10(9(7)6-8)12-11(14)15/h1-3,8,12-13H,4-6H2,(H,14,15). The van der Waals surface area contributed by atoms with E-state index < -0.39 is 6.09 Å². The molecule has 15 heavy (non-hydrogen) atoms. The largest absolute Gasteiger partial charge is 0.465 e. The lowest BCUT2D eigenvalue weighted by Gasteiger charge is -2.22. The molecule has 1 aromatic carbocycles. The smallest absolute Gasteiger partial charge is 0.409 e. The summed E-state index contributed by atoms with van der Waals surface area (Å²) in [6, 6.07) is 5.54. The molecule has 0 saturated heterocycles. The number of amides is 1. The number of nitrogens with one attached hydrogen (secondary N) is 1. The normalized spacial score (nSPS) is 19.4. The number of aryl methyl sites for hydroxylation is 1. The van der Waals surface area contributed by atoms with Crippen molar-refractivity contribution in [1.29, 1.82) is 0 Å². The molecule has 0 spiro atoms. The zero-order valence-corrected chi connectivity index (χ0v) is 8.23. The van der Waals surface area contributed by atoms with Gasteiger partial charge in [0.1, 0.15) is 0 Å². The van der Waals surface area contributed by atoms with Crippen molar-refractivity contribution in [2.75, 3.05) is 5.32 Å². The first-order valence-corrected chi connectivity index (χ1v) is 4.95. The third-order valence-electron chi connectivity index (χ3n) is 2.70. The van der Waals surface area contributed by atoms with Gasteiger partial charge in [-0.25, -0.2) is 4.79 Å². The number of hydrogen-bond acceptors (Lipinski definition) is 2. The van der Waals surface area contributed by atoms with Crippen LogP contribution >= 0.6 is 0 Å². The molecular weight excluding hydrogens is 194 g/mol. The fourth-order valence-corrected chi connectivity index (χ4v) is 2.00. The molecule has 1 aliphatic rings. The molecule has 2 rings (SSSR count). The fourth-order valence-electron chi connectivity index (χ4n) is 2.00. The van der Waals surface area contributed by atoms with Gasteiger partial charge in [0.2, 0.25) is 0 Å². The molecular formula is C11H13NO3. The Morgan fingerprint density at radius 1 is 1.47 bits per heavy atom. The topological polar surface area (TPSA) is 69.6 Å². The Bertz CT molecular complexity index is 389. The number of carbonyl (C=O) groups is 1. The molecule has 0 fully saturated rings. The van der Waals surface area contributed by atoms with Crippen LogP contribution in [0.1, 0.15) is 17.5 Å². The van der Waals surface area contributed by atoms with E-state index >= 15 is 0 Å². The van der Waals surface area contributed by atoms with E-state index in [1.165, 1.54) is 0 Å². The summed E-state index contributed by atoms with van der Waals surface area (Å²) in [7, 11) is 0. The second kappa shape index (κ2) is 3.90. The molecule has 0 aliphatic heterocycles. The van der Waals surface area contributed by atoms with Crippen molar-refractivity contribution in [3.05, 3.63) is 29.3 Å².